The predicted octanol–water partition coefficient (Wildman–Crippen LogP) is 11.6. The Kier molecular flexibility index (Phi) is 12.7. The molecule has 0 aliphatic rings. The van der Waals surface area contributed by atoms with Gasteiger partial charge in [-0.15, -0.1) is 15.0 Å². The lowest BCUT2D eigenvalue weighted by Gasteiger charge is -2.35. The lowest BCUT2D eigenvalue weighted by Crippen LogP contribution is -2.27. The summed E-state index contributed by atoms with van der Waals surface area (Å²) in [4.78, 5) is 13.2. The minimum Gasteiger partial charge on any atom is -0.507 e. The summed E-state index contributed by atoms with van der Waals surface area (Å²) in [7, 11) is 0. The summed E-state index contributed by atoms with van der Waals surface area (Å²) in [6.45, 7) is 30.4. The number of rotatable bonds is 9. The second-order valence-electron chi connectivity index (χ2n) is 19.3. The topological polar surface area (TPSA) is 97.5 Å². The molecule has 0 aliphatic heterocycles. The Morgan fingerprint density at radius 3 is 1.64 bits per heavy atom. The molecule has 0 radical (unpaired) electrons. The van der Waals surface area contributed by atoms with E-state index in [2.05, 4.69) is 124 Å². The first-order valence-electron chi connectivity index (χ1n) is 19.6. The first-order chi connectivity index (χ1) is 25.3. The summed E-state index contributed by atoms with van der Waals surface area (Å²) < 4.78 is 4.99. The van der Waals surface area contributed by atoms with Gasteiger partial charge in [0.15, 0.2) is 0 Å². The van der Waals surface area contributed by atoms with Gasteiger partial charge in [0, 0.05) is 17.4 Å². The van der Waals surface area contributed by atoms with Gasteiger partial charge in [0.25, 0.3) is 0 Å². The van der Waals surface area contributed by atoms with Crippen LogP contribution in [-0.4, -0.2) is 37.8 Å². The Labute approximate surface area is 330 Å². The fourth-order valence-electron chi connectivity index (χ4n) is 7.51. The summed E-state index contributed by atoms with van der Waals surface area (Å²) in [5, 5.41) is 31.6. The molecular formula is C48H65N3O4. The highest BCUT2D eigenvalue weighted by Crippen LogP contribution is 2.45. The molecule has 0 bridgehead atoms. The third-order valence-corrected chi connectivity index (χ3v) is 10.2. The van der Waals surface area contributed by atoms with Gasteiger partial charge in [-0.3, -0.25) is 4.79 Å². The van der Waals surface area contributed by atoms with Gasteiger partial charge in [-0.1, -0.05) is 151 Å². The normalized spacial score (nSPS) is 12.7. The van der Waals surface area contributed by atoms with Crippen LogP contribution in [0.2, 0.25) is 0 Å². The molecule has 0 unspecified atom stereocenters. The fourth-order valence-corrected chi connectivity index (χ4v) is 7.51. The van der Waals surface area contributed by atoms with E-state index in [1.54, 1.807) is 4.80 Å². The van der Waals surface area contributed by atoms with Crippen LogP contribution in [0, 0.1) is 5.41 Å². The molecule has 4 aromatic carbocycles. The molecule has 0 amide bonds. The van der Waals surface area contributed by atoms with Crippen LogP contribution in [0.5, 0.6) is 11.5 Å². The number of hydrogen-bond donors (Lipinski definition) is 2. The number of aromatic nitrogens is 3. The second kappa shape index (κ2) is 16.2. The number of carbonyl (C=O) groups is 1. The monoisotopic (exact) mass is 747 g/mol. The highest BCUT2D eigenvalue weighted by Gasteiger charge is 2.34. The number of aromatic hydroxyl groups is 2. The summed E-state index contributed by atoms with van der Waals surface area (Å²) in [5.41, 5.74) is 7.72. The molecule has 55 heavy (non-hydrogen) atoms. The SMILES string of the molecule is CC(C)(C)CC(C)(C)c1cc(-n2nc3ccccc3n2)c(O)c(C(C)(C)c2ccccc2)c1.CCOC(=O)CCc1cc(C(C)(C)C)c(O)c(C(C)(C)C)c1. The summed E-state index contributed by atoms with van der Waals surface area (Å²) in [6.07, 6.45) is 2.00. The molecule has 0 atom stereocenters. The average molecular weight is 748 g/mol. The smallest absolute Gasteiger partial charge is 0.306 e. The Morgan fingerprint density at radius 2 is 1.16 bits per heavy atom. The number of phenolic OH excluding ortho intramolecular Hbond substituents is 2. The Morgan fingerprint density at radius 1 is 0.655 bits per heavy atom. The van der Waals surface area contributed by atoms with Gasteiger partial charge in [0.05, 0.1) is 6.61 Å². The van der Waals surface area contributed by atoms with Crippen molar-refractivity contribution in [3.63, 3.8) is 0 Å². The molecule has 7 heteroatoms. The highest BCUT2D eigenvalue weighted by molar-refractivity contribution is 5.74. The van der Waals surface area contributed by atoms with Gasteiger partial charge in [-0.25, -0.2) is 0 Å². The van der Waals surface area contributed by atoms with E-state index in [0.29, 0.717) is 30.9 Å². The zero-order chi connectivity index (χ0) is 41.1. The number of benzene rings is 4. The van der Waals surface area contributed by atoms with Crippen LogP contribution in [0.1, 0.15) is 143 Å². The van der Waals surface area contributed by atoms with Crippen molar-refractivity contribution in [2.45, 2.75) is 138 Å². The molecule has 0 saturated heterocycles. The Hall–Kier alpha value is -4.65. The molecule has 5 aromatic rings. The molecule has 2 N–H and O–H groups in total. The minimum atomic E-state index is -0.402. The number of esters is 1. The quantitative estimate of drug-likeness (QED) is 0.146. The van der Waals surface area contributed by atoms with Crippen molar-refractivity contribution in [1.29, 1.82) is 0 Å². The van der Waals surface area contributed by atoms with E-state index < -0.39 is 5.41 Å². The molecular weight excluding hydrogens is 683 g/mol. The minimum absolute atomic E-state index is 0.102. The number of carbonyl (C=O) groups excluding carboxylic acids is 1. The van der Waals surface area contributed by atoms with Crippen molar-refractivity contribution in [2.75, 3.05) is 6.61 Å². The van der Waals surface area contributed by atoms with Gasteiger partial charge in [-0.05, 0) is 87.4 Å². The number of aryl methyl sites for hydroxylation is 1. The lowest BCUT2D eigenvalue weighted by molar-refractivity contribution is -0.143. The molecule has 7 nitrogen and oxygen atoms in total. The predicted molar refractivity (Wildman–Crippen MR) is 227 cm³/mol. The maximum Gasteiger partial charge on any atom is 0.306 e. The van der Waals surface area contributed by atoms with Gasteiger partial charge in [-0.2, -0.15) is 0 Å². The first-order valence-corrected chi connectivity index (χ1v) is 19.6. The standard InChI is InChI=1S/C29H35N3O.C19H30O3/c1-27(2,3)19-28(4,5)21-17-22(29(6,7)20-13-9-8-10-14-20)26(33)25(18-21)32-30-23-15-11-12-16-24(23)31-32;1-8-22-16(20)10-9-13-11-14(18(2,3)4)17(21)15(12-13)19(5,6)7/h8-18,33H,19H2,1-7H3;11-12,21H,8-10H2,1-7H3. The zero-order valence-corrected chi connectivity index (χ0v) is 35.9. The molecule has 296 valence electrons. The van der Waals surface area contributed by atoms with E-state index in [9.17, 15) is 15.0 Å². The van der Waals surface area contributed by atoms with Crippen molar-refractivity contribution in [2.24, 2.45) is 5.41 Å². The lowest BCUT2D eigenvalue weighted by atomic mass is 9.70. The second-order valence-corrected chi connectivity index (χ2v) is 19.3. The molecule has 5 rings (SSSR count). The molecule has 1 aromatic heterocycles. The van der Waals surface area contributed by atoms with Crippen molar-refractivity contribution in [3.8, 4) is 17.2 Å². The van der Waals surface area contributed by atoms with E-state index in [1.807, 2.05) is 61.5 Å². The number of hydrogen-bond acceptors (Lipinski definition) is 6. The van der Waals surface area contributed by atoms with Crippen LogP contribution in [0.15, 0.2) is 78.9 Å². The number of phenols is 2. The average Bonchev–Trinajstić information content (AvgIpc) is 3.51. The maximum atomic E-state index is 11.6. The number of ether oxygens (including phenoxy) is 1. The maximum absolute atomic E-state index is 11.6. The number of fused-ring (bicyclic) bond motifs is 1. The fraction of sp³-hybridized carbons (Fsp3) is 0.479. The largest absolute Gasteiger partial charge is 0.507 e. The highest BCUT2D eigenvalue weighted by atomic mass is 16.5. The van der Waals surface area contributed by atoms with E-state index >= 15 is 0 Å². The van der Waals surface area contributed by atoms with Crippen LogP contribution in [0.3, 0.4) is 0 Å². The molecule has 0 fully saturated rings. The van der Waals surface area contributed by atoms with Gasteiger partial charge < -0.3 is 14.9 Å². The van der Waals surface area contributed by atoms with E-state index in [-0.39, 0.29) is 33.4 Å². The van der Waals surface area contributed by atoms with Gasteiger partial charge in [0.2, 0.25) is 0 Å². The molecule has 1 heterocycles. The van der Waals surface area contributed by atoms with Crippen molar-refractivity contribution < 1.29 is 19.7 Å². The van der Waals surface area contributed by atoms with Crippen LogP contribution in [0.25, 0.3) is 16.7 Å². The molecule has 0 saturated carbocycles. The van der Waals surface area contributed by atoms with E-state index in [0.717, 1.165) is 45.3 Å². The zero-order valence-electron chi connectivity index (χ0n) is 35.9. The van der Waals surface area contributed by atoms with Crippen LogP contribution < -0.4 is 0 Å². The van der Waals surface area contributed by atoms with E-state index in [4.69, 9.17) is 4.74 Å². The van der Waals surface area contributed by atoms with E-state index in [1.165, 1.54) is 5.56 Å². The molecule has 0 spiro atoms. The molecule has 0 aliphatic carbocycles. The van der Waals surface area contributed by atoms with Gasteiger partial charge >= 0.3 is 5.97 Å². The van der Waals surface area contributed by atoms with Crippen molar-refractivity contribution >= 4 is 17.0 Å². The summed E-state index contributed by atoms with van der Waals surface area (Å²) in [5.74, 6) is 0.421. The third kappa shape index (κ3) is 10.6. The third-order valence-electron chi connectivity index (χ3n) is 10.2. The van der Waals surface area contributed by atoms with Crippen molar-refractivity contribution in [3.05, 3.63) is 112 Å². The van der Waals surface area contributed by atoms with Gasteiger partial charge in [0.1, 0.15) is 28.2 Å². The number of nitrogens with zero attached hydrogens (tertiary/aromatic N) is 3. The van der Waals surface area contributed by atoms with Crippen molar-refractivity contribution in [1.82, 2.24) is 15.0 Å². The first kappa shape index (κ1) is 43.1. The summed E-state index contributed by atoms with van der Waals surface area (Å²) >= 11 is 0. The van der Waals surface area contributed by atoms with Crippen LogP contribution in [-0.2, 0) is 37.6 Å². The van der Waals surface area contributed by atoms with Crippen LogP contribution in [0.4, 0.5) is 0 Å². The Balaban J connectivity index is 0.000000267. The Bertz CT molecular complexity index is 2020. The summed E-state index contributed by atoms with van der Waals surface area (Å²) in [6, 6.07) is 26.4. The van der Waals surface area contributed by atoms with Crippen LogP contribution >= 0.6 is 0 Å².